The maximum atomic E-state index is 4.40. The number of nitrogens with one attached hydrogen (secondary N) is 1. The molecule has 19 heavy (non-hydrogen) atoms. The van der Waals surface area contributed by atoms with Gasteiger partial charge in [0, 0.05) is 24.3 Å². The van der Waals surface area contributed by atoms with Crippen LogP contribution in [0.3, 0.4) is 0 Å². The number of aryl methyl sites for hydroxylation is 2. The van der Waals surface area contributed by atoms with Gasteiger partial charge in [0.1, 0.15) is 0 Å². The summed E-state index contributed by atoms with van der Waals surface area (Å²) in [5.41, 5.74) is 4.78. The van der Waals surface area contributed by atoms with E-state index in [1.807, 2.05) is 24.7 Å². The molecule has 100 valence electrons. The number of pyridine rings is 2. The van der Waals surface area contributed by atoms with Crippen LogP contribution in [0.5, 0.6) is 0 Å². The molecule has 0 aliphatic rings. The van der Waals surface area contributed by atoms with Gasteiger partial charge in [-0.25, -0.2) is 0 Å². The Balaban J connectivity index is 2.42. The Bertz CT molecular complexity index is 492. The first-order valence-electron chi connectivity index (χ1n) is 6.79. The van der Waals surface area contributed by atoms with Gasteiger partial charge in [-0.15, -0.1) is 0 Å². The highest BCUT2D eigenvalue weighted by atomic mass is 14.9. The van der Waals surface area contributed by atoms with Gasteiger partial charge in [0.15, 0.2) is 0 Å². The fourth-order valence-corrected chi connectivity index (χ4v) is 2.26. The van der Waals surface area contributed by atoms with E-state index in [0.29, 0.717) is 0 Å². The van der Waals surface area contributed by atoms with Crippen LogP contribution in [0.25, 0.3) is 0 Å². The molecule has 2 rings (SSSR count). The van der Waals surface area contributed by atoms with Gasteiger partial charge in [-0.05, 0) is 55.6 Å². The number of hydrogen-bond acceptors (Lipinski definition) is 3. The Morgan fingerprint density at radius 1 is 1.16 bits per heavy atom. The highest BCUT2D eigenvalue weighted by Gasteiger charge is 2.17. The summed E-state index contributed by atoms with van der Waals surface area (Å²) in [6.45, 7) is 7.34. The molecule has 1 N–H and O–H groups in total. The standard InChI is InChI=1S/C16H21N3/c1-4-8-19-16(14-6-5-9-18-13(14)3)15-11-17-10-7-12(15)2/h5-7,9-11,16,19H,4,8H2,1-3H3. The minimum atomic E-state index is 0.169. The largest absolute Gasteiger partial charge is 0.306 e. The SMILES string of the molecule is CCCNC(c1cnccc1C)c1cccnc1C. The third-order valence-electron chi connectivity index (χ3n) is 3.35. The lowest BCUT2D eigenvalue weighted by molar-refractivity contribution is 0.590. The van der Waals surface area contributed by atoms with Crippen molar-refractivity contribution in [1.29, 1.82) is 0 Å². The van der Waals surface area contributed by atoms with E-state index >= 15 is 0 Å². The second-order valence-corrected chi connectivity index (χ2v) is 4.80. The molecule has 0 fully saturated rings. The average Bonchev–Trinajstić information content (AvgIpc) is 2.42. The van der Waals surface area contributed by atoms with Crippen LogP contribution < -0.4 is 5.32 Å². The lowest BCUT2D eigenvalue weighted by Gasteiger charge is -2.22. The molecule has 0 aliphatic carbocycles. The maximum absolute atomic E-state index is 4.40. The third kappa shape index (κ3) is 3.18. The minimum absolute atomic E-state index is 0.169. The summed E-state index contributed by atoms with van der Waals surface area (Å²) in [7, 11) is 0. The molecule has 0 saturated heterocycles. The summed E-state index contributed by atoms with van der Waals surface area (Å²) in [5, 5.41) is 3.60. The van der Waals surface area contributed by atoms with Crippen LogP contribution in [-0.2, 0) is 0 Å². The lowest BCUT2D eigenvalue weighted by Crippen LogP contribution is -2.25. The zero-order chi connectivity index (χ0) is 13.7. The highest BCUT2D eigenvalue weighted by Crippen LogP contribution is 2.25. The topological polar surface area (TPSA) is 37.8 Å². The number of rotatable bonds is 5. The first kappa shape index (κ1) is 13.7. The van der Waals surface area contributed by atoms with Gasteiger partial charge in [0.05, 0.1) is 6.04 Å². The van der Waals surface area contributed by atoms with Crippen LogP contribution in [0.2, 0.25) is 0 Å². The van der Waals surface area contributed by atoms with Gasteiger partial charge in [0.2, 0.25) is 0 Å². The van der Waals surface area contributed by atoms with Gasteiger partial charge in [-0.2, -0.15) is 0 Å². The van der Waals surface area contributed by atoms with E-state index in [1.165, 1.54) is 16.7 Å². The molecular formula is C16H21N3. The normalized spacial score (nSPS) is 12.4. The Morgan fingerprint density at radius 2 is 2.00 bits per heavy atom. The molecule has 0 spiro atoms. The molecule has 2 aromatic rings. The van der Waals surface area contributed by atoms with E-state index in [0.717, 1.165) is 18.7 Å². The first-order valence-corrected chi connectivity index (χ1v) is 6.79. The molecule has 1 atom stereocenters. The van der Waals surface area contributed by atoms with E-state index < -0.39 is 0 Å². The van der Waals surface area contributed by atoms with Crippen LogP contribution in [0.1, 0.15) is 41.8 Å². The van der Waals surface area contributed by atoms with E-state index in [-0.39, 0.29) is 6.04 Å². The minimum Gasteiger partial charge on any atom is -0.306 e. The Kier molecular flexibility index (Phi) is 4.63. The van der Waals surface area contributed by atoms with Gasteiger partial charge < -0.3 is 5.32 Å². The van der Waals surface area contributed by atoms with Gasteiger partial charge >= 0.3 is 0 Å². The quantitative estimate of drug-likeness (QED) is 0.891. The zero-order valence-corrected chi connectivity index (χ0v) is 11.9. The number of hydrogen-bond donors (Lipinski definition) is 1. The number of nitrogens with zero attached hydrogens (tertiary/aromatic N) is 2. The summed E-state index contributed by atoms with van der Waals surface area (Å²) in [6, 6.07) is 6.36. The monoisotopic (exact) mass is 255 g/mol. The molecular weight excluding hydrogens is 234 g/mol. The maximum Gasteiger partial charge on any atom is 0.0612 e. The van der Waals surface area contributed by atoms with E-state index in [9.17, 15) is 0 Å². The summed E-state index contributed by atoms with van der Waals surface area (Å²) in [5.74, 6) is 0. The molecule has 0 saturated carbocycles. The predicted molar refractivity (Wildman–Crippen MR) is 78.1 cm³/mol. The van der Waals surface area contributed by atoms with Crippen LogP contribution in [0.15, 0.2) is 36.8 Å². The molecule has 0 amide bonds. The molecule has 3 nitrogen and oxygen atoms in total. The summed E-state index contributed by atoms with van der Waals surface area (Å²) < 4.78 is 0. The predicted octanol–water partition coefficient (Wildman–Crippen LogP) is 3.18. The zero-order valence-electron chi connectivity index (χ0n) is 11.9. The molecule has 0 bridgehead atoms. The fraction of sp³-hybridized carbons (Fsp3) is 0.375. The van der Waals surface area contributed by atoms with Crippen LogP contribution in [0, 0.1) is 13.8 Å². The van der Waals surface area contributed by atoms with Crippen molar-refractivity contribution in [3.63, 3.8) is 0 Å². The third-order valence-corrected chi connectivity index (χ3v) is 3.35. The van der Waals surface area contributed by atoms with Crippen molar-refractivity contribution in [2.75, 3.05) is 6.54 Å². The summed E-state index contributed by atoms with van der Waals surface area (Å²) >= 11 is 0. The number of aromatic nitrogens is 2. The van der Waals surface area contributed by atoms with Crippen LogP contribution >= 0.6 is 0 Å². The average molecular weight is 255 g/mol. The summed E-state index contributed by atoms with van der Waals surface area (Å²) in [6.07, 6.45) is 6.74. The van der Waals surface area contributed by atoms with Crippen molar-refractivity contribution in [1.82, 2.24) is 15.3 Å². The van der Waals surface area contributed by atoms with Gasteiger partial charge in [-0.1, -0.05) is 13.0 Å². The molecule has 0 aliphatic heterocycles. The van der Waals surface area contributed by atoms with E-state index in [2.05, 4.69) is 48.2 Å². The fourth-order valence-electron chi connectivity index (χ4n) is 2.26. The van der Waals surface area contributed by atoms with Crippen molar-refractivity contribution in [2.45, 2.75) is 33.2 Å². The van der Waals surface area contributed by atoms with Crippen molar-refractivity contribution in [3.05, 3.63) is 59.2 Å². The van der Waals surface area contributed by atoms with Gasteiger partial charge in [-0.3, -0.25) is 9.97 Å². The molecule has 0 aromatic carbocycles. The molecule has 2 heterocycles. The van der Waals surface area contributed by atoms with E-state index in [1.54, 1.807) is 0 Å². The molecule has 0 radical (unpaired) electrons. The smallest absolute Gasteiger partial charge is 0.0612 e. The van der Waals surface area contributed by atoms with E-state index in [4.69, 9.17) is 0 Å². The second-order valence-electron chi connectivity index (χ2n) is 4.80. The van der Waals surface area contributed by atoms with Crippen molar-refractivity contribution >= 4 is 0 Å². The first-order chi connectivity index (χ1) is 9.24. The summed E-state index contributed by atoms with van der Waals surface area (Å²) in [4.78, 5) is 8.67. The Morgan fingerprint density at radius 3 is 2.68 bits per heavy atom. The van der Waals surface area contributed by atoms with Crippen molar-refractivity contribution < 1.29 is 0 Å². The molecule has 3 heteroatoms. The van der Waals surface area contributed by atoms with Gasteiger partial charge in [0.25, 0.3) is 0 Å². The highest BCUT2D eigenvalue weighted by molar-refractivity contribution is 5.36. The molecule has 1 unspecified atom stereocenters. The lowest BCUT2D eigenvalue weighted by atomic mass is 9.95. The Labute approximate surface area is 115 Å². The Hall–Kier alpha value is -1.74. The van der Waals surface area contributed by atoms with Crippen LogP contribution in [0.4, 0.5) is 0 Å². The van der Waals surface area contributed by atoms with Crippen LogP contribution in [-0.4, -0.2) is 16.5 Å². The van der Waals surface area contributed by atoms with Crippen molar-refractivity contribution in [2.24, 2.45) is 0 Å². The second kappa shape index (κ2) is 6.43. The van der Waals surface area contributed by atoms with Crippen molar-refractivity contribution in [3.8, 4) is 0 Å². The molecule has 2 aromatic heterocycles.